The molecule has 1 rings (SSSR count). The number of piperazine rings is 1. The summed E-state index contributed by atoms with van der Waals surface area (Å²) < 4.78 is 0. The zero-order chi connectivity index (χ0) is 5.82. The Balaban J connectivity index is 0.000000640. The average Bonchev–Trinajstić information content (AvgIpc) is 1.90. The zero-order valence-electron chi connectivity index (χ0n) is 5.81. The Kier molecular flexibility index (Phi) is 5.72. The van der Waals surface area contributed by atoms with Crippen LogP contribution >= 0.6 is 0 Å². The Morgan fingerprint density at radius 3 is 2.22 bits per heavy atom. The maximum atomic E-state index is 4.23. The van der Waals surface area contributed by atoms with E-state index in [1.165, 1.54) is 19.6 Å². The molecule has 1 aliphatic rings. The van der Waals surface area contributed by atoms with E-state index in [1.807, 2.05) is 0 Å². The van der Waals surface area contributed by atoms with Gasteiger partial charge in [-0.2, -0.15) is 0 Å². The van der Waals surface area contributed by atoms with Crippen LogP contribution in [0.4, 0.5) is 0 Å². The van der Waals surface area contributed by atoms with Crippen molar-refractivity contribution in [3.63, 3.8) is 0 Å². The Morgan fingerprint density at radius 1 is 1.33 bits per heavy atom. The summed E-state index contributed by atoms with van der Waals surface area (Å²) in [6.07, 6.45) is 0. The molecule has 1 saturated heterocycles. The summed E-state index contributed by atoms with van der Waals surface area (Å²) in [7, 11) is 0. The minimum Gasteiger partial charge on any atom is -0.660 e. The molecule has 0 saturated carbocycles. The van der Waals surface area contributed by atoms with Crippen LogP contribution in [-0.4, -0.2) is 37.6 Å². The average molecular weight is 299 g/mol. The van der Waals surface area contributed by atoms with Gasteiger partial charge >= 0.3 is 0 Å². The first-order valence-corrected chi connectivity index (χ1v) is 3.29. The van der Waals surface area contributed by atoms with Crippen LogP contribution in [0.5, 0.6) is 0 Å². The standard InChI is InChI=1S/C6H13N2.Re/c1-2-8-5-3-7-4-6-8;/h2-6H2,1H3;/q-1;. The van der Waals surface area contributed by atoms with Gasteiger partial charge in [0.1, 0.15) is 0 Å². The molecule has 1 fully saturated rings. The van der Waals surface area contributed by atoms with Crippen molar-refractivity contribution in [3.8, 4) is 0 Å². The van der Waals surface area contributed by atoms with Crippen LogP contribution in [0.1, 0.15) is 6.92 Å². The van der Waals surface area contributed by atoms with E-state index in [2.05, 4.69) is 17.1 Å². The minimum absolute atomic E-state index is 0. The normalized spacial score (nSPS) is 21.0. The van der Waals surface area contributed by atoms with E-state index in [4.69, 9.17) is 0 Å². The fourth-order valence-electron chi connectivity index (χ4n) is 0.964. The van der Waals surface area contributed by atoms with Gasteiger partial charge in [0.05, 0.1) is 0 Å². The molecule has 1 radical (unpaired) electrons. The first-order chi connectivity index (χ1) is 3.93. The molecular formula is C6H13N2Re-. The molecular weight excluding hydrogens is 286 g/mol. The van der Waals surface area contributed by atoms with Crippen LogP contribution in [-0.2, 0) is 20.4 Å². The molecule has 0 amide bonds. The Morgan fingerprint density at radius 2 is 1.89 bits per heavy atom. The summed E-state index contributed by atoms with van der Waals surface area (Å²) in [6, 6.07) is 0. The number of hydrogen-bond acceptors (Lipinski definition) is 1. The van der Waals surface area contributed by atoms with Gasteiger partial charge in [0.2, 0.25) is 0 Å². The number of nitrogens with zero attached hydrogens (tertiary/aromatic N) is 2. The smallest absolute Gasteiger partial charge is 0 e. The number of rotatable bonds is 1. The van der Waals surface area contributed by atoms with Gasteiger partial charge in [0.25, 0.3) is 0 Å². The maximum absolute atomic E-state index is 4.23. The SMILES string of the molecule is CCN1CC[N-]CC1.[Re]. The Labute approximate surface area is 70.6 Å². The molecule has 0 aliphatic carbocycles. The van der Waals surface area contributed by atoms with E-state index >= 15 is 0 Å². The van der Waals surface area contributed by atoms with Gasteiger partial charge in [-0.3, -0.25) is 0 Å². The van der Waals surface area contributed by atoms with Gasteiger partial charge in [-0.15, -0.1) is 13.1 Å². The molecule has 0 aromatic rings. The second-order valence-corrected chi connectivity index (χ2v) is 2.11. The molecule has 55 valence electrons. The van der Waals surface area contributed by atoms with Crippen LogP contribution < -0.4 is 0 Å². The maximum Gasteiger partial charge on any atom is 0 e. The van der Waals surface area contributed by atoms with Crippen LogP contribution in [0.15, 0.2) is 0 Å². The first-order valence-electron chi connectivity index (χ1n) is 3.29. The summed E-state index contributed by atoms with van der Waals surface area (Å²) in [5.41, 5.74) is 0. The van der Waals surface area contributed by atoms with Gasteiger partial charge in [0, 0.05) is 20.4 Å². The van der Waals surface area contributed by atoms with Crippen molar-refractivity contribution in [2.24, 2.45) is 0 Å². The van der Waals surface area contributed by atoms with Crippen molar-refractivity contribution in [1.29, 1.82) is 0 Å². The van der Waals surface area contributed by atoms with Gasteiger partial charge in [-0.05, 0) is 19.6 Å². The summed E-state index contributed by atoms with van der Waals surface area (Å²) >= 11 is 0. The minimum atomic E-state index is 0. The molecule has 0 unspecified atom stereocenters. The molecule has 0 spiro atoms. The molecule has 1 aliphatic heterocycles. The second-order valence-electron chi connectivity index (χ2n) is 2.11. The third-order valence-corrected chi connectivity index (χ3v) is 1.60. The van der Waals surface area contributed by atoms with E-state index in [0.29, 0.717) is 0 Å². The van der Waals surface area contributed by atoms with E-state index in [9.17, 15) is 0 Å². The molecule has 9 heavy (non-hydrogen) atoms. The summed E-state index contributed by atoms with van der Waals surface area (Å²) in [4.78, 5) is 2.42. The molecule has 0 aromatic heterocycles. The molecule has 2 nitrogen and oxygen atoms in total. The number of hydrogen-bond donors (Lipinski definition) is 0. The van der Waals surface area contributed by atoms with E-state index in [1.54, 1.807) is 0 Å². The van der Waals surface area contributed by atoms with E-state index in [0.717, 1.165) is 13.1 Å². The van der Waals surface area contributed by atoms with Crippen molar-refractivity contribution in [2.75, 3.05) is 32.7 Å². The van der Waals surface area contributed by atoms with Gasteiger partial charge in [-0.1, -0.05) is 6.92 Å². The molecule has 0 N–H and O–H groups in total. The van der Waals surface area contributed by atoms with E-state index < -0.39 is 0 Å². The van der Waals surface area contributed by atoms with Gasteiger partial charge < -0.3 is 10.2 Å². The van der Waals surface area contributed by atoms with Crippen molar-refractivity contribution in [2.45, 2.75) is 6.92 Å². The molecule has 0 bridgehead atoms. The summed E-state index contributed by atoms with van der Waals surface area (Å²) in [6.45, 7) is 7.84. The van der Waals surface area contributed by atoms with Crippen LogP contribution in [0.3, 0.4) is 0 Å². The second kappa shape index (κ2) is 5.37. The topological polar surface area (TPSA) is 17.3 Å². The van der Waals surface area contributed by atoms with Crippen molar-refractivity contribution >= 4 is 0 Å². The molecule has 1 heterocycles. The Bertz CT molecular complexity index is 62.1. The number of likely N-dealkylation sites (N-methyl/N-ethyl adjacent to an activating group) is 1. The fraction of sp³-hybridized carbons (Fsp3) is 1.00. The van der Waals surface area contributed by atoms with Crippen molar-refractivity contribution < 1.29 is 20.4 Å². The third-order valence-electron chi connectivity index (χ3n) is 1.60. The first kappa shape index (κ1) is 9.58. The largest absolute Gasteiger partial charge is 0.660 e. The zero-order valence-corrected chi connectivity index (χ0v) is 8.52. The van der Waals surface area contributed by atoms with Crippen molar-refractivity contribution in [1.82, 2.24) is 4.90 Å². The molecule has 0 aromatic carbocycles. The third kappa shape index (κ3) is 3.32. The van der Waals surface area contributed by atoms with Crippen LogP contribution in [0, 0.1) is 0 Å². The van der Waals surface area contributed by atoms with E-state index in [-0.39, 0.29) is 20.4 Å². The molecule has 0 atom stereocenters. The fourth-order valence-corrected chi connectivity index (χ4v) is 0.964. The Hall–Kier alpha value is 0.582. The monoisotopic (exact) mass is 300 g/mol. The van der Waals surface area contributed by atoms with Crippen LogP contribution in [0.2, 0.25) is 0 Å². The predicted molar refractivity (Wildman–Crippen MR) is 35.2 cm³/mol. The van der Waals surface area contributed by atoms with Crippen LogP contribution in [0.25, 0.3) is 5.32 Å². The molecule has 3 heteroatoms. The van der Waals surface area contributed by atoms with Crippen molar-refractivity contribution in [3.05, 3.63) is 5.32 Å². The summed E-state index contributed by atoms with van der Waals surface area (Å²) in [5, 5.41) is 4.23. The predicted octanol–water partition coefficient (Wildman–Crippen LogP) is 0.693. The quantitative estimate of drug-likeness (QED) is 0.696. The van der Waals surface area contributed by atoms with Gasteiger partial charge in [-0.25, -0.2) is 0 Å². The summed E-state index contributed by atoms with van der Waals surface area (Å²) in [5.74, 6) is 0. The van der Waals surface area contributed by atoms with Gasteiger partial charge in [0.15, 0.2) is 0 Å².